The Morgan fingerprint density at radius 1 is 1.29 bits per heavy atom. The molecule has 0 aliphatic carbocycles. The zero-order chi connectivity index (χ0) is 15.2. The molecular formula is C16H24N2O3. The lowest BCUT2D eigenvalue weighted by molar-refractivity contribution is -0.132. The fourth-order valence-corrected chi connectivity index (χ4v) is 2.66. The molecule has 5 nitrogen and oxygen atoms in total. The van der Waals surface area contributed by atoms with Crippen LogP contribution in [-0.2, 0) is 11.2 Å². The summed E-state index contributed by atoms with van der Waals surface area (Å²) in [6, 6.07) is 5.84. The number of nitrogens with zero attached hydrogens (tertiary/aromatic N) is 1. The van der Waals surface area contributed by atoms with Gasteiger partial charge in [-0.2, -0.15) is 0 Å². The van der Waals surface area contributed by atoms with Crippen molar-refractivity contribution in [2.75, 3.05) is 27.3 Å². The summed E-state index contributed by atoms with van der Waals surface area (Å²) in [4.78, 5) is 14.1. The summed E-state index contributed by atoms with van der Waals surface area (Å²) < 4.78 is 10.5. The first-order valence-corrected chi connectivity index (χ1v) is 7.37. The van der Waals surface area contributed by atoms with Gasteiger partial charge in [-0.25, -0.2) is 0 Å². The van der Waals surface area contributed by atoms with Gasteiger partial charge >= 0.3 is 0 Å². The van der Waals surface area contributed by atoms with Crippen LogP contribution in [0.25, 0.3) is 0 Å². The van der Waals surface area contributed by atoms with Crippen LogP contribution in [0.1, 0.15) is 24.8 Å². The highest BCUT2D eigenvalue weighted by Crippen LogP contribution is 2.23. The lowest BCUT2D eigenvalue weighted by Gasteiger charge is -2.30. The Hall–Kier alpha value is -1.75. The maximum atomic E-state index is 12.2. The minimum absolute atomic E-state index is 0.125. The molecule has 1 unspecified atom stereocenters. The van der Waals surface area contributed by atoms with Gasteiger partial charge in [-0.1, -0.05) is 0 Å². The molecule has 1 aromatic carbocycles. The van der Waals surface area contributed by atoms with Crippen LogP contribution in [0, 0.1) is 0 Å². The summed E-state index contributed by atoms with van der Waals surface area (Å²) in [5.74, 6) is 1.67. The molecule has 0 aromatic heterocycles. The van der Waals surface area contributed by atoms with Crippen molar-refractivity contribution in [2.24, 2.45) is 5.73 Å². The second-order valence-corrected chi connectivity index (χ2v) is 5.46. The second-order valence-electron chi connectivity index (χ2n) is 5.46. The van der Waals surface area contributed by atoms with Gasteiger partial charge in [0.1, 0.15) is 11.5 Å². The molecule has 1 saturated heterocycles. The molecule has 1 heterocycles. The molecule has 1 aromatic rings. The number of hydrogen-bond acceptors (Lipinski definition) is 4. The molecule has 116 valence electrons. The molecule has 1 atom stereocenters. The van der Waals surface area contributed by atoms with E-state index in [-0.39, 0.29) is 11.9 Å². The molecule has 0 bridgehead atoms. The Morgan fingerprint density at radius 3 is 2.52 bits per heavy atom. The summed E-state index contributed by atoms with van der Waals surface area (Å²) in [5.41, 5.74) is 6.96. The fourth-order valence-electron chi connectivity index (χ4n) is 2.66. The number of nitrogens with two attached hydrogens (primary N) is 1. The van der Waals surface area contributed by atoms with Crippen LogP contribution in [-0.4, -0.2) is 44.2 Å². The average molecular weight is 292 g/mol. The van der Waals surface area contributed by atoms with Crippen molar-refractivity contribution in [1.29, 1.82) is 0 Å². The first-order valence-electron chi connectivity index (χ1n) is 7.37. The number of methoxy groups -OCH3 is 2. The number of carbonyl (C=O) groups excluding carboxylic acids is 1. The van der Waals surface area contributed by atoms with Crippen LogP contribution in [0.5, 0.6) is 11.5 Å². The molecule has 21 heavy (non-hydrogen) atoms. The summed E-state index contributed by atoms with van der Waals surface area (Å²) in [7, 11) is 3.25. The smallest absolute Gasteiger partial charge is 0.222 e. The molecule has 2 rings (SSSR count). The van der Waals surface area contributed by atoms with Crippen LogP contribution in [0.15, 0.2) is 18.2 Å². The number of ether oxygens (including phenoxy) is 2. The number of likely N-dealkylation sites (tertiary alicyclic amines) is 1. The molecule has 2 N–H and O–H groups in total. The predicted octanol–water partition coefficient (Wildman–Crippen LogP) is 1.59. The van der Waals surface area contributed by atoms with Crippen molar-refractivity contribution in [3.05, 3.63) is 23.8 Å². The van der Waals surface area contributed by atoms with Gasteiger partial charge in [0, 0.05) is 31.6 Å². The molecule has 5 heteroatoms. The second kappa shape index (κ2) is 7.31. The SMILES string of the molecule is COc1cc(CCC(=O)N2CCCC(N)C2)cc(OC)c1. The molecule has 0 radical (unpaired) electrons. The molecule has 1 aliphatic heterocycles. The molecule has 0 spiro atoms. The van der Waals surface area contributed by atoms with Gasteiger partial charge in [-0.3, -0.25) is 4.79 Å². The van der Waals surface area contributed by atoms with E-state index >= 15 is 0 Å². The molecular weight excluding hydrogens is 268 g/mol. The predicted molar refractivity (Wildman–Crippen MR) is 81.7 cm³/mol. The first-order chi connectivity index (χ1) is 10.1. The highest BCUT2D eigenvalue weighted by molar-refractivity contribution is 5.76. The van der Waals surface area contributed by atoms with Crippen LogP contribution < -0.4 is 15.2 Å². The van der Waals surface area contributed by atoms with E-state index in [4.69, 9.17) is 15.2 Å². The zero-order valence-electron chi connectivity index (χ0n) is 12.8. The third-order valence-electron chi connectivity index (χ3n) is 3.85. The number of rotatable bonds is 5. The highest BCUT2D eigenvalue weighted by Gasteiger charge is 2.20. The van der Waals surface area contributed by atoms with E-state index in [1.807, 2.05) is 23.1 Å². The van der Waals surface area contributed by atoms with Crippen LogP contribution in [0.3, 0.4) is 0 Å². The van der Waals surface area contributed by atoms with Crippen molar-refractivity contribution in [3.8, 4) is 11.5 Å². The van der Waals surface area contributed by atoms with E-state index < -0.39 is 0 Å². The van der Waals surface area contributed by atoms with E-state index in [0.717, 1.165) is 36.4 Å². The Bertz CT molecular complexity index is 468. The van der Waals surface area contributed by atoms with Crippen molar-refractivity contribution in [3.63, 3.8) is 0 Å². The number of carbonyl (C=O) groups is 1. The van der Waals surface area contributed by atoms with Crippen LogP contribution >= 0.6 is 0 Å². The largest absolute Gasteiger partial charge is 0.497 e. The van der Waals surface area contributed by atoms with Gasteiger partial charge in [0.25, 0.3) is 0 Å². The lowest BCUT2D eigenvalue weighted by atomic mass is 10.0. The summed E-state index contributed by atoms with van der Waals surface area (Å²) >= 11 is 0. The number of aryl methyl sites for hydroxylation is 1. The minimum Gasteiger partial charge on any atom is -0.497 e. The van der Waals surface area contributed by atoms with Crippen molar-refractivity contribution >= 4 is 5.91 Å². The van der Waals surface area contributed by atoms with E-state index in [0.29, 0.717) is 19.4 Å². The standard InChI is InChI=1S/C16H24N2O3/c1-20-14-8-12(9-15(10-14)21-2)5-6-16(19)18-7-3-4-13(17)11-18/h8-10,13H,3-7,11,17H2,1-2H3. The fraction of sp³-hybridized carbons (Fsp3) is 0.562. The summed E-state index contributed by atoms with van der Waals surface area (Å²) in [6.07, 6.45) is 3.18. The van der Waals surface area contributed by atoms with Crippen molar-refractivity contribution in [1.82, 2.24) is 4.90 Å². The molecule has 1 amide bonds. The minimum atomic E-state index is 0.125. The van der Waals surface area contributed by atoms with E-state index in [9.17, 15) is 4.79 Å². The first kappa shape index (κ1) is 15.6. The third-order valence-corrected chi connectivity index (χ3v) is 3.85. The quantitative estimate of drug-likeness (QED) is 0.895. The summed E-state index contributed by atoms with van der Waals surface area (Å²) in [5, 5.41) is 0. The average Bonchev–Trinajstić information content (AvgIpc) is 2.52. The van der Waals surface area contributed by atoms with Crippen LogP contribution in [0.2, 0.25) is 0 Å². The highest BCUT2D eigenvalue weighted by atomic mass is 16.5. The number of benzene rings is 1. The van der Waals surface area contributed by atoms with Gasteiger partial charge in [0.2, 0.25) is 5.91 Å². The molecule has 0 saturated carbocycles. The molecule has 1 fully saturated rings. The van der Waals surface area contributed by atoms with Gasteiger partial charge in [-0.05, 0) is 37.0 Å². The van der Waals surface area contributed by atoms with E-state index in [1.54, 1.807) is 14.2 Å². The Kier molecular flexibility index (Phi) is 5.44. The van der Waals surface area contributed by atoms with Gasteiger partial charge in [0.15, 0.2) is 0 Å². The lowest BCUT2D eigenvalue weighted by Crippen LogP contribution is -2.45. The molecule has 1 aliphatic rings. The summed E-state index contributed by atoms with van der Waals surface area (Å²) in [6.45, 7) is 1.51. The Labute approximate surface area is 126 Å². The van der Waals surface area contributed by atoms with Crippen molar-refractivity contribution < 1.29 is 14.3 Å². The number of piperidine rings is 1. The third kappa shape index (κ3) is 4.36. The van der Waals surface area contributed by atoms with Gasteiger partial charge in [0.05, 0.1) is 14.2 Å². The Morgan fingerprint density at radius 2 is 1.95 bits per heavy atom. The topological polar surface area (TPSA) is 64.8 Å². The van der Waals surface area contributed by atoms with E-state index in [2.05, 4.69) is 0 Å². The monoisotopic (exact) mass is 292 g/mol. The van der Waals surface area contributed by atoms with Gasteiger partial charge in [-0.15, -0.1) is 0 Å². The van der Waals surface area contributed by atoms with Crippen LogP contribution in [0.4, 0.5) is 0 Å². The Balaban J connectivity index is 1.94. The normalized spacial score (nSPS) is 18.4. The maximum absolute atomic E-state index is 12.2. The van der Waals surface area contributed by atoms with Gasteiger partial charge < -0.3 is 20.1 Å². The van der Waals surface area contributed by atoms with E-state index in [1.165, 1.54) is 0 Å². The van der Waals surface area contributed by atoms with Crippen molar-refractivity contribution in [2.45, 2.75) is 31.7 Å². The maximum Gasteiger partial charge on any atom is 0.222 e. The number of amides is 1. The number of hydrogen-bond donors (Lipinski definition) is 1. The zero-order valence-corrected chi connectivity index (χ0v) is 12.8.